The Morgan fingerprint density at radius 1 is 1.00 bits per heavy atom. The van der Waals surface area contributed by atoms with Gasteiger partial charge in [0.1, 0.15) is 10.0 Å². The van der Waals surface area contributed by atoms with Crippen molar-refractivity contribution in [2.75, 3.05) is 7.05 Å². The lowest BCUT2D eigenvalue weighted by Gasteiger charge is -2.03. The number of aromatic nitrogens is 2. The average Bonchev–Trinajstić information content (AvgIpc) is 2.87. The second-order valence-corrected chi connectivity index (χ2v) is 5.58. The first-order valence-electron chi connectivity index (χ1n) is 6.29. The fraction of sp³-hybridized carbons (Fsp3) is 0.200. The molecule has 0 spiro atoms. The zero-order valence-corrected chi connectivity index (χ0v) is 11.6. The molecule has 1 heterocycles. The van der Waals surface area contributed by atoms with Crippen LogP contribution in [0.2, 0.25) is 0 Å². The predicted octanol–water partition coefficient (Wildman–Crippen LogP) is 3.00. The molecule has 0 radical (unpaired) electrons. The summed E-state index contributed by atoms with van der Waals surface area (Å²) in [5.41, 5.74) is 1.31. The van der Waals surface area contributed by atoms with Crippen molar-refractivity contribution >= 4 is 22.1 Å². The molecule has 3 nitrogen and oxygen atoms in total. The Balaban J connectivity index is 1.92. The van der Waals surface area contributed by atoms with E-state index in [9.17, 15) is 0 Å². The minimum absolute atomic E-state index is 0.785. The van der Waals surface area contributed by atoms with Gasteiger partial charge in [-0.05, 0) is 23.4 Å². The Labute approximate surface area is 116 Å². The summed E-state index contributed by atoms with van der Waals surface area (Å²) in [7, 11) is 1.92. The predicted molar refractivity (Wildman–Crippen MR) is 79.4 cm³/mol. The molecule has 0 saturated heterocycles. The van der Waals surface area contributed by atoms with E-state index in [-0.39, 0.29) is 0 Å². The maximum atomic E-state index is 4.27. The van der Waals surface area contributed by atoms with E-state index in [4.69, 9.17) is 0 Å². The third kappa shape index (κ3) is 2.64. The Kier molecular flexibility index (Phi) is 3.53. The molecule has 4 heteroatoms. The normalized spacial score (nSPS) is 11.0. The second-order valence-electron chi connectivity index (χ2n) is 4.43. The zero-order valence-electron chi connectivity index (χ0n) is 10.8. The molecule has 1 aromatic heterocycles. The van der Waals surface area contributed by atoms with Crippen LogP contribution in [-0.4, -0.2) is 17.2 Å². The number of nitrogens with one attached hydrogen (secondary N) is 1. The lowest BCUT2D eigenvalue weighted by Crippen LogP contribution is -2.04. The maximum Gasteiger partial charge on any atom is 0.131 e. The van der Waals surface area contributed by atoms with Crippen LogP contribution in [-0.2, 0) is 13.0 Å². The van der Waals surface area contributed by atoms with Gasteiger partial charge in [0.2, 0.25) is 0 Å². The Hall–Kier alpha value is -1.78. The van der Waals surface area contributed by atoms with Crippen molar-refractivity contribution < 1.29 is 0 Å². The molecule has 19 heavy (non-hydrogen) atoms. The van der Waals surface area contributed by atoms with Crippen LogP contribution in [0.15, 0.2) is 42.5 Å². The van der Waals surface area contributed by atoms with E-state index < -0.39 is 0 Å². The summed E-state index contributed by atoms with van der Waals surface area (Å²) in [6, 6.07) is 14.9. The molecule has 3 rings (SSSR count). The summed E-state index contributed by atoms with van der Waals surface area (Å²) in [6.45, 7) is 0.785. The molecule has 0 unspecified atom stereocenters. The van der Waals surface area contributed by atoms with Crippen molar-refractivity contribution in [3.05, 3.63) is 58.0 Å². The summed E-state index contributed by atoms with van der Waals surface area (Å²) >= 11 is 1.68. The molecule has 0 aliphatic heterocycles. The van der Waals surface area contributed by atoms with Crippen molar-refractivity contribution in [2.24, 2.45) is 0 Å². The van der Waals surface area contributed by atoms with Gasteiger partial charge in [-0.25, -0.2) is 0 Å². The maximum absolute atomic E-state index is 4.27. The van der Waals surface area contributed by atoms with Crippen LogP contribution in [0.4, 0.5) is 0 Å². The molecule has 0 aliphatic rings. The van der Waals surface area contributed by atoms with Crippen molar-refractivity contribution in [2.45, 2.75) is 13.0 Å². The number of rotatable bonds is 4. The summed E-state index contributed by atoms with van der Waals surface area (Å²) < 4.78 is 0. The number of fused-ring (bicyclic) bond motifs is 1. The summed E-state index contributed by atoms with van der Waals surface area (Å²) in [5, 5.41) is 16.2. The molecule has 0 fully saturated rings. The highest BCUT2D eigenvalue weighted by Gasteiger charge is 2.06. The van der Waals surface area contributed by atoms with Crippen LogP contribution >= 0.6 is 11.3 Å². The molecular weight excluding hydrogens is 254 g/mol. The molecule has 0 bridgehead atoms. The minimum Gasteiger partial charge on any atom is -0.313 e. The van der Waals surface area contributed by atoms with Crippen LogP contribution < -0.4 is 5.32 Å². The van der Waals surface area contributed by atoms with Gasteiger partial charge in [0, 0.05) is 13.0 Å². The molecule has 1 N–H and O–H groups in total. The van der Waals surface area contributed by atoms with Crippen LogP contribution in [0, 0.1) is 0 Å². The highest BCUT2D eigenvalue weighted by molar-refractivity contribution is 7.11. The molecule has 0 amide bonds. The molecule has 96 valence electrons. The summed E-state index contributed by atoms with van der Waals surface area (Å²) in [4.78, 5) is 0. The molecular formula is C15H15N3S. The van der Waals surface area contributed by atoms with Gasteiger partial charge < -0.3 is 5.32 Å². The van der Waals surface area contributed by atoms with Crippen LogP contribution in [0.3, 0.4) is 0 Å². The van der Waals surface area contributed by atoms with Crippen molar-refractivity contribution in [1.29, 1.82) is 0 Å². The molecule has 2 aromatic carbocycles. The lowest BCUT2D eigenvalue weighted by atomic mass is 10.0. The van der Waals surface area contributed by atoms with Crippen LogP contribution in [0.25, 0.3) is 10.8 Å². The second kappa shape index (κ2) is 5.47. The SMILES string of the molecule is CNCc1nnc(Cc2cccc3ccccc23)s1. The highest BCUT2D eigenvalue weighted by Crippen LogP contribution is 2.22. The zero-order chi connectivity index (χ0) is 13.1. The first-order valence-corrected chi connectivity index (χ1v) is 7.11. The smallest absolute Gasteiger partial charge is 0.131 e. The minimum atomic E-state index is 0.785. The standard InChI is InChI=1S/C15H15N3S/c1-16-10-15-18-17-14(19-15)9-12-7-4-6-11-5-2-3-8-13(11)12/h2-8,16H,9-10H2,1H3. The lowest BCUT2D eigenvalue weighted by molar-refractivity contribution is 0.791. The van der Waals surface area contributed by atoms with E-state index in [2.05, 4.69) is 58.0 Å². The van der Waals surface area contributed by atoms with E-state index in [0.717, 1.165) is 23.0 Å². The summed E-state index contributed by atoms with van der Waals surface area (Å²) in [5.74, 6) is 0. The van der Waals surface area contributed by atoms with Crippen LogP contribution in [0.5, 0.6) is 0 Å². The van der Waals surface area contributed by atoms with E-state index >= 15 is 0 Å². The number of benzene rings is 2. The molecule has 0 aliphatic carbocycles. The third-order valence-electron chi connectivity index (χ3n) is 3.06. The van der Waals surface area contributed by atoms with Crippen molar-refractivity contribution in [3.8, 4) is 0 Å². The van der Waals surface area contributed by atoms with Gasteiger partial charge in [0.05, 0.1) is 0 Å². The van der Waals surface area contributed by atoms with E-state index in [1.54, 1.807) is 11.3 Å². The first-order chi connectivity index (χ1) is 9.36. The number of hydrogen-bond donors (Lipinski definition) is 1. The quantitative estimate of drug-likeness (QED) is 0.791. The van der Waals surface area contributed by atoms with E-state index in [1.807, 2.05) is 7.05 Å². The van der Waals surface area contributed by atoms with Gasteiger partial charge in [-0.15, -0.1) is 10.2 Å². The van der Waals surface area contributed by atoms with Gasteiger partial charge in [-0.2, -0.15) is 0 Å². The van der Waals surface area contributed by atoms with Gasteiger partial charge in [0.25, 0.3) is 0 Å². The van der Waals surface area contributed by atoms with E-state index in [1.165, 1.54) is 16.3 Å². The van der Waals surface area contributed by atoms with Gasteiger partial charge >= 0.3 is 0 Å². The largest absolute Gasteiger partial charge is 0.313 e. The Morgan fingerprint density at radius 2 is 1.79 bits per heavy atom. The third-order valence-corrected chi connectivity index (χ3v) is 3.98. The monoisotopic (exact) mass is 269 g/mol. The van der Waals surface area contributed by atoms with E-state index in [0.29, 0.717) is 0 Å². The fourth-order valence-electron chi connectivity index (χ4n) is 2.19. The first kappa shape index (κ1) is 12.3. The fourth-order valence-corrected chi connectivity index (χ4v) is 3.07. The molecule has 0 atom stereocenters. The molecule has 3 aromatic rings. The van der Waals surface area contributed by atoms with Gasteiger partial charge in [0.15, 0.2) is 0 Å². The van der Waals surface area contributed by atoms with Crippen molar-refractivity contribution in [3.63, 3.8) is 0 Å². The Morgan fingerprint density at radius 3 is 2.68 bits per heavy atom. The highest BCUT2D eigenvalue weighted by atomic mass is 32.1. The van der Waals surface area contributed by atoms with Crippen molar-refractivity contribution in [1.82, 2.24) is 15.5 Å². The van der Waals surface area contributed by atoms with Gasteiger partial charge in [-0.3, -0.25) is 0 Å². The topological polar surface area (TPSA) is 37.8 Å². The Bertz CT molecular complexity index is 685. The number of hydrogen-bond acceptors (Lipinski definition) is 4. The average molecular weight is 269 g/mol. The number of nitrogens with zero attached hydrogens (tertiary/aromatic N) is 2. The molecule has 0 saturated carbocycles. The van der Waals surface area contributed by atoms with Crippen LogP contribution in [0.1, 0.15) is 15.6 Å². The summed E-state index contributed by atoms with van der Waals surface area (Å²) in [6.07, 6.45) is 0.850. The van der Waals surface area contributed by atoms with Gasteiger partial charge in [-0.1, -0.05) is 53.8 Å².